The van der Waals surface area contributed by atoms with Crippen LogP contribution in [0.1, 0.15) is 71.9 Å². The van der Waals surface area contributed by atoms with Crippen molar-refractivity contribution >= 4 is 32.9 Å². The van der Waals surface area contributed by atoms with Crippen LogP contribution in [0.25, 0.3) is 21.5 Å². The summed E-state index contributed by atoms with van der Waals surface area (Å²) in [6, 6.07) is 27.8. The molecule has 0 radical (unpaired) electrons. The first-order valence-corrected chi connectivity index (χ1v) is 16.6. The SMILES string of the molecule is CC(C)N1/C(=C\C=C2C=C(/C=C/C3[NH+](C)c4ccc5ccccc5c4C3(C)C)CCC\2)C(C)(C)c2c1ccc1ccccc21. The van der Waals surface area contributed by atoms with E-state index in [4.69, 9.17) is 0 Å². The molecule has 2 atom stereocenters. The maximum absolute atomic E-state index is 2.56. The van der Waals surface area contributed by atoms with Gasteiger partial charge in [0.1, 0.15) is 11.7 Å². The minimum atomic E-state index is -0.0702. The number of hydrogen-bond acceptors (Lipinski definition) is 1. The van der Waals surface area contributed by atoms with Crippen LogP contribution in [0.2, 0.25) is 0 Å². The molecule has 0 spiro atoms. The summed E-state index contributed by atoms with van der Waals surface area (Å²) in [6.45, 7) is 14.3. The first-order chi connectivity index (χ1) is 21.1. The van der Waals surface area contributed by atoms with Crippen LogP contribution in [0, 0.1) is 0 Å². The Balaban J connectivity index is 1.20. The lowest BCUT2D eigenvalue weighted by Crippen LogP contribution is -3.07. The predicted molar refractivity (Wildman–Crippen MR) is 189 cm³/mol. The first kappa shape index (κ1) is 28.9. The Labute approximate surface area is 264 Å². The molecule has 0 saturated carbocycles. The lowest BCUT2D eigenvalue weighted by atomic mass is 9.78. The van der Waals surface area contributed by atoms with Crippen molar-refractivity contribution < 1.29 is 4.90 Å². The molecule has 0 amide bonds. The van der Waals surface area contributed by atoms with Crippen molar-refractivity contribution in [2.75, 3.05) is 11.9 Å². The number of likely N-dealkylation sites (N-methyl/N-ethyl adjacent to an activating group) is 1. The molecule has 2 nitrogen and oxygen atoms in total. The van der Waals surface area contributed by atoms with E-state index in [1.54, 1.807) is 0 Å². The highest BCUT2D eigenvalue weighted by atomic mass is 15.2. The first-order valence-electron chi connectivity index (χ1n) is 16.6. The van der Waals surface area contributed by atoms with Gasteiger partial charge >= 0.3 is 0 Å². The van der Waals surface area contributed by atoms with Gasteiger partial charge in [-0.2, -0.15) is 0 Å². The third-order valence-electron chi connectivity index (χ3n) is 10.7. The second-order valence-electron chi connectivity index (χ2n) is 14.6. The normalized spacial score (nSPS) is 24.2. The molecule has 2 heterocycles. The Bertz CT molecular complexity index is 1890. The van der Waals surface area contributed by atoms with E-state index < -0.39 is 0 Å². The Morgan fingerprint density at radius 1 is 0.795 bits per heavy atom. The molecule has 4 aromatic rings. The fourth-order valence-electron chi connectivity index (χ4n) is 8.61. The highest BCUT2D eigenvalue weighted by molar-refractivity contribution is 5.95. The maximum Gasteiger partial charge on any atom is 0.136 e. The number of anilines is 1. The monoisotopic (exact) mass is 579 g/mol. The van der Waals surface area contributed by atoms with Crippen LogP contribution in [0.3, 0.4) is 0 Å². The minimum absolute atomic E-state index is 0.0582. The largest absolute Gasteiger partial charge is 0.341 e. The Kier molecular flexibility index (Phi) is 6.98. The summed E-state index contributed by atoms with van der Waals surface area (Å²) >= 11 is 0. The van der Waals surface area contributed by atoms with Gasteiger partial charge in [0.25, 0.3) is 0 Å². The van der Waals surface area contributed by atoms with Gasteiger partial charge in [0, 0.05) is 28.4 Å². The molecular weight excluding hydrogens is 532 g/mol. The topological polar surface area (TPSA) is 7.68 Å². The van der Waals surface area contributed by atoms with Gasteiger partial charge in [-0.15, -0.1) is 0 Å². The van der Waals surface area contributed by atoms with Crippen LogP contribution >= 0.6 is 0 Å². The van der Waals surface area contributed by atoms with Crippen LogP contribution in [0.15, 0.2) is 120 Å². The molecule has 0 fully saturated rings. The smallest absolute Gasteiger partial charge is 0.136 e. The molecule has 1 N–H and O–H groups in total. The number of nitrogens with one attached hydrogen (secondary N) is 1. The molecule has 3 aliphatic rings. The van der Waals surface area contributed by atoms with Crippen LogP contribution in [-0.2, 0) is 10.8 Å². The van der Waals surface area contributed by atoms with E-state index in [9.17, 15) is 0 Å². The van der Waals surface area contributed by atoms with Gasteiger partial charge < -0.3 is 4.90 Å². The molecule has 0 saturated heterocycles. The Morgan fingerprint density at radius 2 is 1.45 bits per heavy atom. The lowest BCUT2D eigenvalue weighted by molar-refractivity contribution is -0.828. The maximum atomic E-state index is 2.56. The zero-order chi connectivity index (χ0) is 30.8. The third kappa shape index (κ3) is 4.49. The highest BCUT2D eigenvalue weighted by Crippen LogP contribution is 2.51. The molecule has 2 aliphatic heterocycles. The summed E-state index contributed by atoms with van der Waals surface area (Å²) in [5.74, 6) is 0. The fraction of sp³-hybridized carbons (Fsp3) is 0.333. The zero-order valence-corrected chi connectivity index (χ0v) is 27.5. The quantitative estimate of drug-likeness (QED) is 0.253. The van der Waals surface area contributed by atoms with Crippen molar-refractivity contribution in [2.24, 2.45) is 0 Å². The van der Waals surface area contributed by atoms with Crippen molar-refractivity contribution in [1.29, 1.82) is 0 Å². The lowest BCUT2D eigenvalue weighted by Gasteiger charge is -2.30. The van der Waals surface area contributed by atoms with E-state index in [0.717, 1.165) is 12.8 Å². The summed E-state index contributed by atoms with van der Waals surface area (Å²) in [6.07, 6.45) is 15.7. The molecular formula is C42H47N2+. The van der Waals surface area contributed by atoms with Crippen molar-refractivity contribution in [1.82, 2.24) is 0 Å². The summed E-state index contributed by atoms with van der Waals surface area (Å²) in [4.78, 5) is 4.06. The van der Waals surface area contributed by atoms with E-state index in [-0.39, 0.29) is 10.8 Å². The number of rotatable bonds is 4. The van der Waals surface area contributed by atoms with Gasteiger partial charge in [-0.25, -0.2) is 0 Å². The average molecular weight is 580 g/mol. The average Bonchev–Trinajstić information content (AvgIpc) is 3.37. The van der Waals surface area contributed by atoms with Gasteiger partial charge in [0.05, 0.1) is 12.5 Å². The predicted octanol–water partition coefficient (Wildman–Crippen LogP) is 9.48. The molecule has 7 rings (SSSR count). The van der Waals surface area contributed by atoms with Crippen LogP contribution < -0.4 is 9.80 Å². The number of hydrogen-bond donors (Lipinski definition) is 1. The van der Waals surface area contributed by atoms with Crippen molar-refractivity contribution in [3.05, 3.63) is 131 Å². The van der Waals surface area contributed by atoms with E-state index in [1.807, 2.05) is 0 Å². The minimum Gasteiger partial charge on any atom is -0.341 e. The summed E-state index contributed by atoms with van der Waals surface area (Å²) in [5, 5.41) is 5.44. The van der Waals surface area contributed by atoms with E-state index in [2.05, 4.69) is 157 Å². The van der Waals surface area contributed by atoms with Crippen molar-refractivity contribution in [3.8, 4) is 0 Å². The van der Waals surface area contributed by atoms with Crippen LogP contribution in [0.5, 0.6) is 0 Å². The van der Waals surface area contributed by atoms with E-state index in [1.165, 1.54) is 72.2 Å². The van der Waals surface area contributed by atoms with Crippen molar-refractivity contribution in [3.63, 3.8) is 0 Å². The summed E-state index contributed by atoms with van der Waals surface area (Å²) in [5.41, 5.74) is 10.0. The van der Waals surface area contributed by atoms with E-state index in [0.29, 0.717) is 12.1 Å². The number of fused-ring (bicyclic) bond motifs is 6. The summed E-state index contributed by atoms with van der Waals surface area (Å²) < 4.78 is 0. The van der Waals surface area contributed by atoms with Crippen LogP contribution in [0.4, 0.5) is 11.4 Å². The second-order valence-corrected chi connectivity index (χ2v) is 14.6. The van der Waals surface area contributed by atoms with Gasteiger partial charge in [-0.1, -0.05) is 86.7 Å². The van der Waals surface area contributed by atoms with Gasteiger partial charge in [-0.05, 0) is 116 Å². The van der Waals surface area contributed by atoms with E-state index >= 15 is 0 Å². The second kappa shape index (κ2) is 10.6. The molecule has 1 aliphatic carbocycles. The number of benzene rings is 4. The number of allylic oxidation sites excluding steroid dienone is 7. The van der Waals surface area contributed by atoms with Crippen molar-refractivity contribution in [2.45, 2.75) is 83.7 Å². The Hall–Kier alpha value is -3.88. The van der Waals surface area contributed by atoms with Crippen LogP contribution in [-0.4, -0.2) is 19.1 Å². The molecule has 0 bridgehead atoms. The molecule has 2 unspecified atom stereocenters. The molecule has 4 aromatic carbocycles. The Morgan fingerprint density at radius 3 is 2.16 bits per heavy atom. The third-order valence-corrected chi connectivity index (χ3v) is 10.7. The standard InChI is InChI=1S/C42H46N2/c1-28(2)44-36-24-22-32-16-9-11-18-34(32)40(36)42(5,6)38(44)26-20-30-14-12-13-29(27-30)19-25-37-41(3,4)39-33-17-10-8-15-31(33)21-23-35(39)43(37)7/h8-11,15-28,37H,12-14H2,1-7H3/p+1/b25-19+,30-20+,38-26-. The summed E-state index contributed by atoms with van der Waals surface area (Å²) in [7, 11) is 2.34. The van der Waals surface area contributed by atoms with Gasteiger partial charge in [0.15, 0.2) is 0 Å². The van der Waals surface area contributed by atoms with Gasteiger partial charge in [-0.3, -0.25) is 4.90 Å². The highest BCUT2D eigenvalue weighted by Gasteiger charge is 2.47. The molecule has 0 aromatic heterocycles. The fourth-order valence-corrected chi connectivity index (χ4v) is 8.61. The number of nitrogens with zero attached hydrogens (tertiary/aromatic N) is 1. The molecule has 224 valence electrons. The zero-order valence-electron chi connectivity index (χ0n) is 27.5. The molecule has 44 heavy (non-hydrogen) atoms. The van der Waals surface area contributed by atoms with Gasteiger partial charge in [0.2, 0.25) is 0 Å². The number of quaternary nitrogens is 1. The molecule has 2 heteroatoms.